The molecular formula is C22H24N4O4. The number of ether oxygens (including phenoxy) is 2. The van der Waals surface area contributed by atoms with E-state index >= 15 is 0 Å². The molecule has 2 aromatic rings. The molecule has 3 heterocycles. The van der Waals surface area contributed by atoms with Crippen molar-refractivity contribution in [1.29, 1.82) is 0 Å². The second kappa shape index (κ2) is 7.87. The van der Waals surface area contributed by atoms with Gasteiger partial charge in [0.05, 0.1) is 5.56 Å². The van der Waals surface area contributed by atoms with Gasteiger partial charge in [0, 0.05) is 44.0 Å². The maximum Gasteiger partial charge on any atom is 0.322 e. The summed E-state index contributed by atoms with van der Waals surface area (Å²) < 4.78 is 10.8. The molecule has 3 unspecified atom stereocenters. The van der Waals surface area contributed by atoms with E-state index in [0.29, 0.717) is 30.2 Å². The number of amides is 3. The third-order valence-electron chi connectivity index (χ3n) is 5.98. The number of carbonyl (C=O) groups is 2. The van der Waals surface area contributed by atoms with Crippen LogP contribution in [-0.2, 0) is 0 Å². The highest BCUT2D eigenvalue weighted by molar-refractivity contribution is 5.98. The number of fused-ring (bicyclic) bond motifs is 3. The van der Waals surface area contributed by atoms with Crippen LogP contribution in [0.4, 0.5) is 10.5 Å². The third kappa shape index (κ3) is 3.54. The van der Waals surface area contributed by atoms with Crippen molar-refractivity contribution in [3.05, 3.63) is 54.1 Å². The van der Waals surface area contributed by atoms with Crippen LogP contribution in [0.3, 0.4) is 0 Å². The molecule has 8 nitrogen and oxygen atoms in total. The molecule has 2 fully saturated rings. The molecule has 3 aliphatic heterocycles. The van der Waals surface area contributed by atoms with Gasteiger partial charge >= 0.3 is 6.03 Å². The van der Waals surface area contributed by atoms with Gasteiger partial charge in [0.15, 0.2) is 11.5 Å². The van der Waals surface area contributed by atoms with Gasteiger partial charge in [-0.25, -0.2) is 4.79 Å². The molecule has 0 radical (unpaired) electrons. The normalized spacial score (nSPS) is 23.9. The minimum Gasteiger partial charge on any atom is -0.454 e. The number of urea groups is 1. The summed E-state index contributed by atoms with van der Waals surface area (Å²) in [6, 6.07) is 15.0. The van der Waals surface area contributed by atoms with Crippen molar-refractivity contribution < 1.29 is 19.1 Å². The summed E-state index contributed by atoms with van der Waals surface area (Å²) in [7, 11) is 0. The molecule has 8 heteroatoms. The highest BCUT2D eigenvalue weighted by Crippen LogP contribution is 2.35. The molecule has 3 atom stereocenters. The Hall–Kier alpha value is -3.26. The molecule has 0 aliphatic carbocycles. The number of benzene rings is 2. The predicted molar refractivity (Wildman–Crippen MR) is 111 cm³/mol. The molecule has 0 spiro atoms. The Labute approximate surface area is 174 Å². The van der Waals surface area contributed by atoms with E-state index in [9.17, 15) is 9.59 Å². The van der Waals surface area contributed by atoms with Gasteiger partial charge < -0.3 is 25.0 Å². The van der Waals surface area contributed by atoms with E-state index < -0.39 is 0 Å². The number of piperazine rings is 1. The van der Waals surface area contributed by atoms with E-state index in [-0.39, 0.29) is 30.8 Å². The third-order valence-corrected chi connectivity index (χ3v) is 5.98. The van der Waals surface area contributed by atoms with Crippen molar-refractivity contribution in [3.63, 3.8) is 0 Å². The highest BCUT2D eigenvalue weighted by Gasteiger charge is 2.40. The molecule has 3 aliphatic rings. The topological polar surface area (TPSA) is 83.1 Å². The zero-order valence-electron chi connectivity index (χ0n) is 16.5. The fourth-order valence-corrected chi connectivity index (χ4v) is 4.42. The van der Waals surface area contributed by atoms with Crippen molar-refractivity contribution in [2.24, 2.45) is 0 Å². The van der Waals surface area contributed by atoms with Crippen molar-refractivity contribution >= 4 is 17.6 Å². The number of nitrogens with one attached hydrogen (secondary N) is 2. The van der Waals surface area contributed by atoms with Crippen LogP contribution in [-0.4, -0.2) is 66.8 Å². The number of para-hydroxylation sites is 2. The van der Waals surface area contributed by atoms with Crippen LogP contribution in [0.15, 0.2) is 48.5 Å². The summed E-state index contributed by atoms with van der Waals surface area (Å²) in [5, 5.41) is 6.00. The molecule has 5 rings (SSSR count). The van der Waals surface area contributed by atoms with Crippen LogP contribution >= 0.6 is 0 Å². The van der Waals surface area contributed by atoms with Gasteiger partial charge in [-0.15, -0.1) is 0 Å². The van der Waals surface area contributed by atoms with E-state index in [4.69, 9.17) is 9.47 Å². The SMILES string of the molecule is O=C(NCC1CN(C(=O)Nc2ccccc2)C2CCN1C2)c1cccc2c1OCO2. The average Bonchev–Trinajstić information content (AvgIpc) is 3.41. The van der Waals surface area contributed by atoms with Crippen molar-refractivity contribution in [1.82, 2.24) is 15.1 Å². The van der Waals surface area contributed by atoms with Crippen LogP contribution in [0.5, 0.6) is 11.5 Å². The zero-order valence-corrected chi connectivity index (χ0v) is 16.5. The van der Waals surface area contributed by atoms with Gasteiger partial charge in [-0.2, -0.15) is 0 Å². The first-order chi connectivity index (χ1) is 14.7. The highest BCUT2D eigenvalue weighted by atomic mass is 16.7. The number of hydrogen-bond donors (Lipinski definition) is 2. The fraction of sp³-hybridized carbons (Fsp3) is 0.364. The van der Waals surface area contributed by atoms with E-state index in [1.54, 1.807) is 18.2 Å². The second-order valence-electron chi connectivity index (χ2n) is 7.79. The molecule has 156 valence electrons. The largest absolute Gasteiger partial charge is 0.454 e. The van der Waals surface area contributed by atoms with E-state index in [0.717, 1.165) is 25.2 Å². The van der Waals surface area contributed by atoms with Gasteiger partial charge in [-0.1, -0.05) is 24.3 Å². The average molecular weight is 408 g/mol. The Bertz CT molecular complexity index is 951. The van der Waals surface area contributed by atoms with Crippen LogP contribution in [0.1, 0.15) is 16.8 Å². The van der Waals surface area contributed by atoms with Gasteiger partial charge in [-0.05, 0) is 30.7 Å². The first kappa shape index (κ1) is 18.7. The van der Waals surface area contributed by atoms with Gasteiger partial charge in [-0.3, -0.25) is 9.69 Å². The van der Waals surface area contributed by atoms with Crippen LogP contribution in [0, 0.1) is 0 Å². The molecule has 2 aromatic carbocycles. The van der Waals surface area contributed by atoms with Crippen LogP contribution in [0.2, 0.25) is 0 Å². The standard InChI is InChI=1S/C22H24N4O4/c27-21(18-7-4-8-19-20(18)30-14-29-19)23-11-17-13-26(16-9-10-25(17)12-16)22(28)24-15-5-2-1-3-6-15/h1-8,16-17H,9-14H2,(H,23,27)(H,24,28). The second-order valence-corrected chi connectivity index (χ2v) is 7.79. The minimum atomic E-state index is -0.195. The molecule has 2 saturated heterocycles. The molecule has 30 heavy (non-hydrogen) atoms. The number of carbonyl (C=O) groups excluding carboxylic acids is 2. The van der Waals surface area contributed by atoms with Crippen molar-refractivity contribution in [3.8, 4) is 11.5 Å². The maximum absolute atomic E-state index is 12.9. The summed E-state index contributed by atoms with van der Waals surface area (Å²) in [5.41, 5.74) is 1.26. The Morgan fingerprint density at radius 1 is 1.03 bits per heavy atom. The number of anilines is 1. The predicted octanol–water partition coefficient (Wildman–Crippen LogP) is 2.14. The number of hydrogen-bond acceptors (Lipinski definition) is 5. The van der Waals surface area contributed by atoms with Crippen molar-refractivity contribution in [2.75, 3.05) is 38.3 Å². The Morgan fingerprint density at radius 2 is 1.90 bits per heavy atom. The smallest absolute Gasteiger partial charge is 0.322 e. The lowest BCUT2D eigenvalue weighted by atomic mass is 10.1. The number of rotatable bonds is 4. The van der Waals surface area contributed by atoms with Gasteiger partial charge in [0.2, 0.25) is 6.79 Å². The first-order valence-electron chi connectivity index (χ1n) is 10.2. The quantitative estimate of drug-likeness (QED) is 0.810. The molecule has 3 amide bonds. The van der Waals surface area contributed by atoms with E-state index in [1.807, 2.05) is 35.2 Å². The van der Waals surface area contributed by atoms with Crippen molar-refractivity contribution in [2.45, 2.75) is 18.5 Å². The maximum atomic E-state index is 12.9. The summed E-state index contributed by atoms with van der Waals surface area (Å²) in [6.45, 7) is 2.93. The summed E-state index contributed by atoms with van der Waals surface area (Å²) in [6.07, 6.45) is 0.948. The lowest BCUT2D eigenvalue weighted by molar-refractivity contribution is 0.0879. The van der Waals surface area contributed by atoms with Gasteiger partial charge in [0.25, 0.3) is 5.91 Å². The lowest BCUT2D eigenvalue weighted by Crippen LogP contribution is -2.58. The molecular weight excluding hydrogens is 384 g/mol. The Kier molecular flexibility index (Phi) is 4.92. The zero-order chi connectivity index (χ0) is 20.5. The molecule has 0 saturated carbocycles. The minimum absolute atomic E-state index is 0.0724. The van der Waals surface area contributed by atoms with Crippen LogP contribution in [0.25, 0.3) is 0 Å². The Morgan fingerprint density at radius 3 is 2.77 bits per heavy atom. The van der Waals surface area contributed by atoms with E-state index in [1.165, 1.54) is 0 Å². The lowest BCUT2D eigenvalue weighted by Gasteiger charge is -2.40. The number of nitrogens with zero attached hydrogens (tertiary/aromatic N) is 2. The molecule has 2 N–H and O–H groups in total. The summed E-state index contributed by atoms with van der Waals surface area (Å²) >= 11 is 0. The van der Waals surface area contributed by atoms with Gasteiger partial charge in [0.1, 0.15) is 0 Å². The first-order valence-corrected chi connectivity index (χ1v) is 10.2. The fourth-order valence-electron chi connectivity index (χ4n) is 4.42. The summed E-state index contributed by atoms with van der Waals surface area (Å²) in [4.78, 5) is 29.9. The summed E-state index contributed by atoms with van der Waals surface area (Å²) in [5.74, 6) is 0.883. The monoisotopic (exact) mass is 408 g/mol. The molecule has 2 bridgehead atoms. The Balaban J connectivity index is 1.23. The van der Waals surface area contributed by atoms with Crippen LogP contribution < -0.4 is 20.1 Å². The van der Waals surface area contributed by atoms with E-state index in [2.05, 4.69) is 15.5 Å². The molecule has 0 aromatic heterocycles.